The SMILES string of the molecule is C1=CSN(CCc2ccccc2-c2ccccc2)C1. The Morgan fingerprint density at radius 2 is 1.74 bits per heavy atom. The fourth-order valence-electron chi connectivity index (χ4n) is 2.36. The number of rotatable bonds is 4. The Labute approximate surface area is 119 Å². The monoisotopic (exact) mass is 267 g/mol. The molecule has 3 rings (SSSR count). The zero-order valence-electron chi connectivity index (χ0n) is 10.8. The Balaban J connectivity index is 1.77. The van der Waals surface area contributed by atoms with Crippen molar-refractivity contribution in [1.29, 1.82) is 0 Å². The molecule has 0 N–H and O–H groups in total. The Hall–Kier alpha value is -1.51. The quantitative estimate of drug-likeness (QED) is 0.757. The predicted octanol–water partition coefficient (Wildman–Crippen LogP) is 4.37. The molecule has 0 aromatic heterocycles. The second-order valence-electron chi connectivity index (χ2n) is 4.64. The van der Waals surface area contributed by atoms with Crippen molar-refractivity contribution in [1.82, 2.24) is 4.31 Å². The first-order valence-corrected chi connectivity index (χ1v) is 7.47. The second kappa shape index (κ2) is 6.09. The van der Waals surface area contributed by atoms with Gasteiger partial charge in [-0.2, -0.15) is 0 Å². The van der Waals surface area contributed by atoms with Crippen molar-refractivity contribution >= 4 is 11.9 Å². The maximum absolute atomic E-state index is 2.39. The minimum Gasteiger partial charge on any atom is -0.243 e. The van der Waals surface area contributed by atoms with E-state index in [-0.39, 0.29) is 0 Å². The molecule has 2 heteroatoms. The lowest BCUT2D eigenvalue weighted by Crippen LogP contribution is -2.15. The Kier molecular flexibility index (Phi) is 4.01. The van der Waals surface area contributed by atoms with E-state index < -0.39 is 0 Å². The van der Waals surface area contributed by atoms with Crippen molar-refractivity contribution in [3.8, 4) is 11.1 Å². The van der Waals surface area contributed by atoms with E-state index in [1.807, 2.05) is 11.9 Å². The first-order valence-electron chi connectivity index (χ1n) is 6.63. The maximum atomic E-state index is 2.39. The van der Waals surface area contributed by atoms with Crippen LogP contribution in [0.4, 0.5) is 0 Å². The van der Waals surface area contributed by atoms with Crippen molar-refractivity contribution in [2.75, 3.05) is 13.1 Å². The third-order valence-electron chi connectivity index (χ3n) is 3.35. The van der Waals surface area contributed by atoms with Crippen LogP contribution >= 0.6 is 11.9 Å². The van der Waals surface area contributed by atoms with E-state index in [4.69, 9.17) is 0 Å². The largest absolute Gasteiger partial charge is 0.243 e. The molecule has 0 saturated heterocycles. The summed E-state index contributed by atoms with van der Waals surface area (Å²) in [5.74, 6) is 0. The van der Waals surface area contributed by atoms with Gasteiger partial charge in [-0.3, -0.25) is 0 Å². The normalized spacial score (nSPS) is 14.9. The van der Waals surface area contributed by atoms with Gasteiger partial charge in [-0.1, -0.05) is 72.6 Å². The fourth-order valence-corrected chi connectivity index (χ4v) is 3.07. The molecule has 19 heavy (non-hydrogen) atoms. The van der Waals surface area contributed by atoms with Gasteiger partial charge in [0.1, 0.15) is 0 Å². The molecule has 0 bridgehead atoms. The fraction of sp³-hybridized carbons (Fsp3) is 0.176. The average molecular weight is 267 g/mol. The molecular weight excluding hydrogens is 250 g/mol. The lowest BCUT2D eigenvalue weighted by molar-refractivity contribution is 0.533. The lowest BCUT2D eigenvalue weighted by Gasteiger charge is -2.15. The van der Waals surface area contributed by atoms with Gasteiger partial charge in [-0.25, -0.2) is 4.31 Å². The number of hydrogen-bond acceptors (Lipinski definition) is 2. The molecule has 0 amide bonds. The first kappa shape index (κ1) is 12.5. The Bertz CT molecular complexity index is 554. The van der Waals surface area contributed by atoms with Gasteiger partial charge in [0.2, 0.25) is 0 Å². The molecule has 1 heterocycles. The van der Waals surface area contributed by atoms with E-state index in [1.54, 1.807) is 0 Å². The van der Waals surface area contributed by atoms with Gasteiger partial charge >= 0.3 is 0 Å². The van der Waals surface area contributed by atoms with Crippen LogP contribution in [-0.2, 0) is 6.42 Å². The molecule has 0 spiro atoms. The van der Waals surface area contributed by atoms with Crippen molar-refractivity contribution in [3.63, 3.8) is 0 Å². The van der Waals surface area contributed by atoms with Crippen LogP contribution < -0.4 is 0 Å². The minimum atomic E-state index is 1.07. The third kappa shape index (κ3) is 3.09. The van der Waals surface area contributed by atoms with Gasteiger partial charge in [-0.05, 0) is 28.5 Å². The highest BCUT2D eigenvalue weighted by Crippen LogP contribution is 2.25. The van der Waals surface area contributed by atoms with Crippen LogP contribution in [0.15, 0.2) is 66.1 Å². The van der Waals surface area contributed by atoms with Crippen LogP contribution in [0.1, 0.15) is 5.56 Å². The highest BCUT2D eigenvalue weighted by atomic mass is 32.2. The lowest BCUT2D eigenvalue weighted by atomic mass is 9.98. The van der Waals surface area contributed by atoms with Gasteiger partial charge in [0.25, 0.3) is 0 Å². The average Bonchev–Trinajstić information content (AvgIpc) is 3.00. The summed E-state index contributed by atoms with van der Waals surface area (Å²) in [6.45, 7) is 2.17. The van der Waals surface area contributed by atoms with E-state index in [0.29, 0.717) is 0 Å². The second-order valence-corrected chi connectivity index (χ2v) is 5.64. The van der Waals surface area contributed by atoms with Crippen LogP contribution in [0.2, 0.25) is 0 Å². The van der Waals surface area contributed by atoms with Gasteiger partial charge in [0.15, 0.2) is 0 Å². The summed E-state index contributed by atoms with van der Waals surface area (Å²) in [6.07, 6.45) is 3.31. The standard InChI is InChI=1S/C17H17NS/c1-2-7-15(8-3-1)17-10-5-4-9-16(17)11-13-18-12-6-14-19-18/h1-10,14H,11-13H2. The van der Waals surface area contributed by atoms with E-state index in [1.165, 1.54) is 16.7 Å². The van der Waals surface area contributed by atoms with E-state index in [9.17, 15) is 0 Å². The summed E-state index contributed by atoms with van der Waals surface area (Å²) in [4.78, 5) is 0. The molecule has 96 valence electrons. The first-order chi connectivity index (χ1) is 9.43. The van der Waals surface area contributed by atoms with E-state index in [2.05, 4.69) is 70.4 Å². The summed E-state index contributed by atoms with van der Waals surface area (Å²) in [6, 6.07) is 19.4. The topological polar surface area (TPSA) is 3.24 Å². The van der Waals surface area contributed by atoms with Gasteiger partial charge < -0.3 is 0 Å². The molecule has 0 aliphatic carbocycles. The molecule has 1 nitrogen and oxygen atoms in total. The molecule has 0 unspecified atom stereocenters. The molecule has 0 saturated carbocycles. The molecule has 2 aromatic rings. The number of benzene rings is 2. The molecule has 1 aliphatic heterocycles. The Morgan fingerprint density at radius 1 is 0.947 bits per heavy atom. The minimum absolute atomic E-state index is 1.07. The van der Waals surface area contributed by atoms with Crippen LogP contribution in [-0.4, -0.2) is 17.4 Å². The number of nitrogens with zero attached hydrogens (tertiary/aromatic N) is 1. The Morgan fingerprint density at radius 3 is 2.53 bits per heavy atom. The van der Waals surface area contributed by atoms with Crippen LogP contribution in [0.25, 0.3) is 11.1 Å². The molecule has 0 atom stereocenters. The van der Waals surface area contributed by atoms with Crippen molar-refractivity contribution in [2.45, 2.75) is 6.42 Å². The van der Waals surface area contributed by atoms with Gasteiger partial charge in [0, 0.05) is 13.1 Å². The summed E-state index contributed by atoms with van der Waals surface area (Å²) in [5, 5.41) is 2.17. The van der Waals surface area contributed by atoms with Gasteiger partial charge in [-0.15, -0.1) is 0 Å². The van der Waals surface area contributed by atoms with Crippen LogP contribution in [0, 0.1) is 0 Å². The highest BCUT2D eigenvalue weighted by molar-refractivity contribution is 8.00. The molecule has 0 fully saturated rings. The smallest absolute Gasteiger partial charge is 0.0282 e. The highest BCUT2D eigenvalue weighted by Gasteiger charge is 2.09. The molecular formula is C17H17NS. The van der Waals surface area contributed by atoms with Crippen molar-refractivity contribution < 1.29 is 0 Å². The summed E-state index contributed by atoms with van der Waals surface area (Å²) >= 11 is 1.82. The third-order valence-corrected chi connectivity index (χ3v) is 4.29. The zero-order valence-corrected chi connectivity index (χ0v) is 11.6. The molecule has 2 aromatic carbocycles. The zero-order chi connectivity index (χ0) is 12.9. The van der Waals surface area contributed by atoms with Crippen molar-refractivity contribution in [2.24, 2.45) is 0 Å². The van der Waals surface area contributed by atoms with Crippen molar-refractivity contribution in [3.05, 3.63) is 71.6 Å². The van der Waals surface area contributed by atoms with E-state index >= 15 is 0 Å². The van der Waals surface area contributed by atoms with E-state index in [0.717, 1.165) is 19.5 Å². The summed E-state index contributed by atoms with van der Waals surface area (Å²) < 4.78 is 2.39. The molecule has 0 radical (unpaired) electrons. The van der Waals surface area contributed by atoms with Crippen LogP contribution in [0.3, 0.4) is 0 Å². The molecule has 1 aliphatic rings. The number of hydrogen-bond donors (Lipinski definition) is 0. The predicted molar refractivity (Wildman–Crippen MR) is 83.9 cm³/mol. The summed E-state index contributed by atoms with van der Waals surface area (Å²) in [5.41, 5.74) is 4.10. The van der Waals surface area contributed by atoms with Crippen LogP contribution in [0.5, 0.6) is 0 Å². The van der Waals surface area contributed by atoms with Gasteiger partial charge in [0.05, 0.1) is 0 Å². The summed E-state index contributed by atoms with van der Waals surface area (Å²) in [7, 11) is 0. The maximum Gasteiger partial charge on any atom is 0.0282 e.